The zero-order chi connectivity index (χ0) is 13.2. The quantitative estimate of drug-likeness (QED) is 0.643. The molecule has 1 saturated heterocycles. The highest BCUT2D eigenvalue weighted by atomic mass is 16.5. The first kappa shape index (κ1) is 15.9. The third-order valence-corrected chi connectivity index (χ3v) is 3.78. The molecule has 0 radical (unpaired) electrons. The molecule has 4 nitrogen and oxygen atoms in total. The van der Waals surface area contributed by atoms with Crippen LogP contribution in [0.4, 0.5) is 0 Å². The number of hydrogen-bond acceptors (Lipinski definition) is 4. The number of aliphatic hydroxyl groups excluding tert-OH is 1. The second-order valence-electron chi connectivity index (χ2n) is 5.26. The Bertz CT molecular complexity index is 202. The zero-order valence-electron chi connectivity index (χ0n) is 12.0. The summed E-state index contributed by atoms with van der Waals surface area (Å²) in [6.07, 6.45) is 6.19. The Morgan fingerprint density at radius 1 is 1.39 bits per heavy atom. The predicted molar refractivity (Wildman–Crippen MR) is 74.9 cm³/mol. The zero-order valence-corrected chi connectivity index (χ0v) is 12.0. The summed E-state index contributed by atoms with van der Waals surface area (Å²) < 4.78 is 4.97. The fourth-order valence-electron chi connectivity index (χ4n) is 2.72. The number of rotatable bonds is 8. The van der Waals surface area contributed by atoms with Gasteiger partial charge in [-0.15, -0.1) is 0 Å². The van der Waals surface area contributed by atoms with Gasteiger partial charge in [-0.25, -0.2) is 0 Å². The highest BCUT2D eigenvalue weighted by molar-refractivity contribution is 4.77. The van der Waals surface area contributed by atoms with Crippen LogP contribution in [0.3, 0.4) is 0 Å². The third kappa shape index (κ3) is 6.14. The second-order valence-corrected chi connectivity index (χ2v) is 5.26. The molecule has 1 aliphatic rings. The van der Waals surface area contributed by atoms with Crippen LogP contribution in [-0.2, 0) is 4.74 Å². The SMILES string of the molecule is CCC1CCCCCN1CC(O)CNCCOC. The van der Waals surface area contributed by atoms with Crippen LogP contribution >= 0.6 is 0 Å². The molecular weight excluding hydrogens is 228 g/mol. The summed E-state index contributed by atoms with van der Waals surface area (Å²) in [4.78, 5) is 2.48. The highest BCUT2D eigenvalue weighted by Gasteiger charge is 2.21. The number of ether oxygens (including phenoxy) is 1. The van der Waals surface area contributed by atoms with Crippen molar-refractivity contribution in [3.05, 3.63) is 0 Å². The molecule has 0 aliphatic carbocycles. The van der Waals surface area contributed by atoms with Gasteiger partial charge in [-0.3, -0.25) is 4.90 Å². The summed E-state index contributed by atoms with van der Waals surface area (Å²) in [6, 6.07) is 0.668. The Kier molecular flexibility index (Phi) is 8.59. The van der Waals surface area contributed by atoms with Crippen molar-refractivity contribution in [3.8, 4) is 0 Å². The summed E-state index contributed by atoms with van der Waals surface area (Å²) >= 11 is 0. The molecule has 2 unspecified atom stereocenters. The summed E-state index contributed by atoms with van der Waals surface area (Å²) in [6.45, 7) is 6.38. The maximum Gasteiger partial charge on any atom is 0.0791 e. The van der Waals surface area contributed by atoms with Crippen molar-refractivity contribution in [2.75, 3.05) is 39.9 Å². The Balaban J connectivity index is 2.24. The first-order valence-electron chi connectivity index (χ1n) is 7.39. The van der Waals surface area contributed by atoms with E-state index in [1.54, 1.807) is 7.11 Å². The Morgan fingerprint density at radius 3 is 2.94 bits per heavy atom. The summed E-state index contributed by atoms with van der Waals surface area (Å²) in [5, 5.41) is 13.3. The number of hydrogen-bond donors (Lipinski definition) is 2. The molecule has 108 valence electrons. The van der Waals surface area contributed by atoms with Gasteiger partial charge in [-0.2, -0.15) is 0 Å². The van der Waals surface area contributed by atoms with Crippen LogP contribution in [-0.4, -0.2) is 62.0 Å². The van der Waals surface area contributed by atoms with Crippen molar-refractivity contribution in [3.63, 3.8) is 0 Å². The van der Waals surface area contributed by atoms with Gasteiger partial charge in [-0.1, -0.05) is 19.8 Å². The van der Waals surface area contributed by atoms with Crippen LogP contribution < -0.4 is 5.32 Å². The molecule has 0 aromatic carbocycles. The smallest absolute Gasteiger partial charge is 0.0791 e. The first-order valence-corrected chi connectivity index (χ1v) is 7.39. The molecule has 1 heterocycles. The van der Waals surface area contributed by atoms with Crippen LogP contribution in [0.1, 0.15) is 39.0 Å². The molecule has 1 aliphatic heterocycles. The molecule has 0 aromatic rings. The van der Waals surface area contributed by atoms with E-state index in [9.17, 15) is 5.11 Å². The van der Waals surface area contributed by atoms with Gasteiger partial charge in [-0.05, 0) is 25.8 Å². The molecule has 0 bridgehead atoms. The molecule has 0 saturated carbocycles. The number of likely N-dealkylation sites (tertiary alicyclic amines) is 1. The van der Waals surface area contributed by atoms with Crippen molar-refractivity contribution in [2.24, 2.45) is 0 Å². The van der Waals surface area contributed by atoms with Gasteiger partial charge in [0.15, 0.2) is 0 Å². The lowest BCUT2D eigenvalue weighted by atomic mass is 10.1. The van der Waals surface area contributed by atoms with Crippen LogP contribution in [0, 0.1) is 0 Å². The van der Waals surface area contributed by atoms with Crippen LogP contribution in [0.5, 0.6) is 0 Å². The van der Waals surface area contributed by atoms with Crippen molar-refractivity contribution in [1.82, 2.24) is 10.2 Å². The summed E-state index contributed by atoms with van der Waals surface area (Å²) in [5.74, 6) is 0. The average molecular weight is 258 g/mol. The minimum atomic E-state index is -0.269. The molecule has 2 atom stereocenters. The fourth-order valence-corrected chi connectivity index (χ4v) is 2.72. The van der Waals surface area contributed by atoms with Crippen molar-refractivity contribution in [1.29, 1.82) is 0 Å². The van der Waals surface area contributed by atoms with Gasteiger partial charge < -0.3 is 15.2 Å². The van der Waals surface area contributed by atoms with Crippen LogP contribution in [0.25, 0.3) is 0 Å². The monoisotopic (exact) mass is 258 g/mol. The normalized spacial score (nSPS) is 23.8. The van der Waals surface area contributed by atoms with E-state index in [0.29, 0.717) is 19.2 Å². The van der Waals surface area contributed by atoms with Crippen LogP contribution in [0.15, 0.2) is 0 Å². The summed E-state index contributed by atoms with van der Waals surface area (Å²) in [7, 11) is 1.70. The predicted octanol–water partition coefficient (Wildman–Crippen LogP) is 1.24. The largest absolute Gasteiger partial charge is 0.390 e. The van der Waals surface area contributed by atoms with Crippen LogP contribution in [0.2, 0.25) is 0 Å². The minimum Gasteiger partial charge on any atom is -0.390 e. The van der Waals surface area contributed by atoms with Crippen molar-refractivity contribution < 1.29 is 9.84 Å². The molecule has 0 aromatic heterocycles. The fraction of sp³-hybridized carbons (Fsp3) is 1.00. The lowest BCUT2D eigenvalue weighted by molar-refractivity contribution is 0.0843. The van der Waals surface area contributed by atoms with E-state index in [1.807, 2.05) is 0 Å². The Morgan fingerprint density at radius 2 is 2.22 bits per heavy atom. The van der Waals surface area contributed by atoms with Gasteiger partial charge in [0.2, 0.25) is 0 Å². The summed E-state index contributed by atoms with van der Waals surface area (Å²) in [5.41, 5.74) is 0. The molecule has 1 fully saturated rings. The van der Waals surface area contributed by atoms with Gasteiger partial charge in [0.25, 0.3) is 0 Å². The number of methoxy groups -OCH3 is 1. The van der Waals surface area contributed by atoms with E-state index in [-0.39, 0.29) is 6.10 Å². The second kappa shape index (κ2) is 9.73. The first-order chi connectivity index (χ1) is 8.77. The molecular formula is C14H30N2O2. The molecule has 18 heavy (non-hydrogen) atoms. The maximum atomic E-state index is 10.1. The van der Waals surface area contributed by atoms with E-state index < -0.39 is 0 Å². The Hall–Kier alpha value is -0.160. The molecule has 1 rings (SSSR count). The minimum absolute atomic E-state index is 0.269. The Labute approximate surface area is 112 Å². The molecule has 2 N–H and O–H groups in total. The van der Waals surface area contributed by atoms with E-state index in [0.717, 1.165) is 19.6 Å². The topological polar surface area (TPSA) is 44.7 Å². The van der Waals surface area contributed by atoms with Crippen molar-refractivity contribution >= 4 is 0 Å². The lowest BCUT2D eigenvalue weighted by Gasteiger charge is -2.31. The lowest BCUT2D eigenvalue weighted by Crippen LogP contribution is -2.43. The number of nitrogens with one attached hydrogen (secondary N) is 1. The molecule has 0 spiro atoms. The van der Waals surface area contributed by atoms with E-state index in [2.05, 4.69) is 17.1 Å². The number of aliphatic hydroxyl groups is 1. The molecule has 0 amide bonds. The van der Waals surface area contributed by atoms with Gasteiger partial charge in [0.05, 0.1) is 12.7 Å². The van der Waals surface area contributed by atoms with E-state index >= 15 is 0 Å². The van der Waals surface area contributed by atoms with E-state index in [4.69, 9.17) is 4.74 Å². The standard InChI is InChI=1S/C14H30N2O2/c1-3-13-7-5-4-6-9-16(13)12-14(17)11-15-8-10-18-2/h13-15,17H,3-12H2,1-2H3. The third-order valence-electron chi connectivity index (χ3n) is 3.78. The maximum absolute atomic E-state index is 10.1. The molecule has 4 heteroatoms. The average Bonchev–Trinajstić information content (AvgIpc) is 2.59. The van der Waals surface area contributed by atoms with Gasteiger partial charge in [0, 0.05) is 32.8 Å². The van der Waals surface area contributed by atoms with Gasteiger partial charge in [0.1, 0.15) is 0 Å². The van der Waals surface area contributed by atoms with Gasteiger partial charge >= 0.3 is 0 Å². The highest BCUT2D eigenvalue weighted by Crippen LogP contribution is 2.19. The number of nitrogens with zero attached hydrogens (tertiary/aromatic N) is 1. The van der Waals surface area contributed by atoms with E-state index in [1.165, 1.54) is 32.1 Å². The van der Waals surface area contributed by atoms with Crippen molar-refractivity contribution in [2.45, 2.75) is 51.2 Å². The number of β-amino-alcohol motifs (C(OH)–C–C–N with tert-alkyl or cyclic N) is 1.